The Bertz CT molecular complexity index is 534. The van der Waals surface area contributed by atoms with Crippen LogP contribution in [0.5, 0.6) is 0 Å². The van der Waals surface area contributed by atoms with E-state index in [0.717, 1.165) is 11.3 Å². The molecule has 3 rings (SSSR count). The van der Waals surface area contributed by atoms with Crippen molar-refractivity contribution < 1.29 is 9.21 Å². The van der Waals surface area contributed by atoms with Crippen molar-refractivity contribution in [1.29, 1.82) is 0 Å². The largest absolute Gasteiger partial charge is 0.444 e. The average Bonchev–Trinajstić information content (AvgIpc) is 2.83. The molecule has 0 radical (unpaired) electrons. The molecule has 5 heteroatoms. The number of nitrogens with zero attached hydrogens (tertiary/aromatic N) is 1. The van der Waals surface area contributed by atoms with Gasteiger partial charge in [-0.25, -0.2) is 4.98 Å². The van der Waals surface area contributed by atoms with Crippen LogP contribution in [-0.4, -0.2) is 17.6 Å². The van der Waals surface area contributed by atoms with Crippen LogP contribution in [0.25, 0.3) is 11.3 Å². The van der Waals surface area contributed by atoms with E-state index >= 15 is 0 Å². The second kappa shape index (κ2) is 3.37. The first-order valence-corrected chi connectivity index (χ1v) is 4.89. The molecule has 5 nitrogen and oxygen atoms in total. The molecule has 1 aliphatic rings. The molecule has 2 N–H and O–H groups in total. The Balaban J connectivity index is 2.11. The van der Waals surface area contributed by atoms with Gasteiger partial charge in [0.1, 0.15) is 0 Å². The van der Waals surface area contributed by atoms with Gasteiger partial charge in [-0.2, -0.15) is 0 Å². The molecule has 0 spiro atoms. The summed E-state index contributed by atoms with van der Waals surface area (Å²) in [5.74, 6) is 0.580. The summed E-state index contributed by atoms with van der Waals surface area (Å²) in [4.78, 5) is 15.5. The van der Waals surface area contributed by atoms with E-state index in [1.54, 1.807) is 12.3 Å². The number of rotatable bonds is 1. The van der Waals surface area contributed by atoms with Crippen molar-refractivity contribution in [3.63, 3.8) is 0 Å². The minimum absolute atomic E-state index is 0.0740. The summed E-state index contributed by atoms with van der Waals surface area (Å²) in [7, 11) is 0. The van der Waals surface area contributed by atoms with E-state index < -0.39 is 0 Å². The van der Waals surface area contributed by atoms with Crippen LogP contribution in [0, 0.1) is 0 Å². The maximum atomic E-state index is 11.6. The van der Waals surface area contributed by atoms with Crippen LogP contribution in [-0.2, 0) is 0 Å². The molecule has 0 unspecified atom stereocenters. The van der Waals surface area contributed by atoms with E-state index in [-0.39, 0.29) is 5.91 Å². The van der Waals surface area contributed by atoms with Crippen LogP contribution in [0.1, 0.15) is 10.4 Å². The topological polar surface area (TPSA) is 67.2 Å². The summed E-state index contributed by atoms with van der Waals surface area (Å²) in [5.41, 5.74) is 2.31. The predicted molar refractivity (Wildman–Crippen MR) is 57.9 cm³/mol. The Morgan fingerprint density at radius 1 is 1.31 bits per heavy atom. The molecular weight excluding hydrogens is 206 g/mol. The molecule has 16 heavy (non-hydrogen) atoms. The van der Waals surface area contributed by atoms with Crippen molar-refractivity contribution in [2.75, 3.05) is 12.0 Å². The highest BCUT2D eigenvalue weighted by atomic mass is 16.3. The van der Waals surface area contributed by atoms with Crippen LogP contribution in [0.2, 0.25) is 0 Å². The fourth-order valence-electron chi connectivity index (χ4n) is 1.71. The zero-order valence-electron chi connectivity index (χ0n) is 8.36. The van der Waals surface area contributed by atoms with E-state index in [0.29, 0.717) is 18.0 Å². The SMILES string of the molecule is O=C1NCNc2ccc(-c3cnco3)cc21. The number of carbonyl (C=O) groups excluding carboxylic acids is 1. The first-order valence-electron chi connectivity index (χ1n) is 4.89. The van der Waals surface area contributed by atoms with Gasteiger partial charge in [-0.15, -0.1) is 0 Å². The highest BCUT2D eigenvalue weighted by molar-refractivity contribution is 6.02. The van der Waals surface area contributed by atoms with Gasteiger partial charge in [-0.1, -0.05) is 0 Å². The van der Waals surface area contributed by atoms with E-state index in [2.05, 4.69) is 15.6 Å². The van der Waals surface area contributed by atoms with Gasteiger partial charge in [0.2, 0.25) is 0 Å². The zero-order valence-corrected chi connectivity index (χ0v) is 8.36. The number of fused-ring (bicyclic) bond motifs is 1. The first kappa shape index (κ1) is 8.96. The lowest BCUT2D eigenvalue weighted by atomic mass is 10.1. The van der Waals surface area contributed by atoms with Crippen LogP contribution < -0.4 is 10.6 Å². The third-order valence-corrected chi connectivity index (χ3v) is 2.51. The number of hydrogen-bond donors (Lipinski definition) is 2. The molecular formula is C11H9N3O2. The molecule has 0 atom stereocenters. The van der Waals surface area contributed by atoms with Gasteiger partial charge < -0.3 is 15.1 Å². The Morgan fingerprint density at radius 3 is 3.06 bits per heavy atom. The third kappa shape index (κ3) is 1.33. The highest BCUT2D eigenvalue weighted by Gasteiger charge is 2.17. The first-order chi connectivity index (χ1) is 7.84. The van der Waals surface area contributed by atoms with Crippen molar-refractivity contribution in [1.82, 2.24) is 10.3 Å². The van der Waals surface area contributed by atoms with Gasteiger partial charge in [0.25, 0.3) is 5.91 Å². The highest BCUT2D eigenvalue weighted by Crippen LogP contribution is 2.26. The van der Waals surface area contributed by atoms with Gasteiger partial charge >= 0.3 is 0 Å². The normalized spacial score (nSPS) is 13.9. The number of nitrogens with one attached hydrogen (secondary N) is 2. The lowest BCUT2D eigenvalue weighted by Crippen LogP contribution is -2.34. The van der Waals surface area contributed by atoms with E-state index in [9.17, 15) is 4.79 Å². The van der Waals surface area contributed by atoms with Gasteiger partial charge in [-0.3, -0.25) is 4.79 Å². The fraction of sp³-hybridized carbons (Fsp3) is 0.0909. The van der Waals surface area contributed by atoms with Crippen molar-refractivity contribution in [2.24, 2.45) is 0 Å². The Morgan fingerprint density at radius 2 is 2.25 bits per heavy atom. The summed E-state index contributed by atoms with van der Waals surface area (Å²) in [6.07, 6.45) is 2.99. The van der Waals surface area contributed by atoms with Gasteiger partial charge in [-0.05, 0) is 18.2 Å². The smallest absolute Gasteiger partial charge is 0.254 e. The second-order valence-corrected chi connectivity index (χ2v) is 3.49. The Hall–Kier alpha value is -2.30. The zero-order chi connectivity index (χ0) is 11.0. The number of oxazole rings is 1. The van der Waals surface area contributed by atoms with Gasteiger partial charge in [0, 0.05) is 11.3 Å². The second-order valence-electron chi connectivity index (χ2n) is 3.49. The number of carbonyl (C=O) groups is 1. The van der Waals surface area contributed by atoms with Gasteiger partial charge in [0.05, 0.1) is 18.4 Å². The summed E-state index contributed by atoms with van der Waals surface area (Å²) < 4.78 is 5.18. The number of benzene rings is 1. The molecule has 2 aromatic rings. The average molecular weight is 215 g/mol. The lowest BCUT2D eigenvalue weighted by Gasteiger charge is -2.18. The third-order valence-electron chi connectivity index (χ3n) is 2.51. The molecule has 0 aliphatic carbocycles. The maximum Gasteiger partial charge on any atom is 0.254 e. The molecule has 1 aliphatic heterocycles. The van der Waals surface area contributed by atoms with Crippen molar-refractivity contribution in [2.45, 2.75) is 0 Å². The standard InChI is InChI=1S/C11H9N3O2/c15-11-8-3-7(10-4-12-6-16-10)1-2-9(8)13-5-14-11/h1-4,6,13H,5H2,(H,14,15). The van der Waals surface area contributed by atoms with E-state index in [1.807, 2.05) is 12.1 Å². The summed E-state index contributed by atoms with van der Waals surface area (Å²) in [6, 6.07) is 5.55. The molecule has 80 valence electrons. The van der Waals surface area contributed by atoms with Crippen LogP contribution in [0.4, 0.5) is 5.69 Å². The van der Waals surface area contributed by atoms with Crippen LogP contribution >= 0.6 is 0 Å². The molecule has 0 saturated carbocycles. The molecule has 1 aromatic carbocycles. The van der Waals surface area contributed by atoms with Crippen molar-refractivity contribution in [3.05, 3.63) is 36.4 Å². The molecule has 0 bridgehead atoms. The monoisotopic (exact) mass is 215 g/mol. The number of amides is 1. The summed E-state index contributed by atoms with van der Waals surface area (Å²) in [6.45, 7) is 0.466. The van der Waals surface area contributed by atoms with Crippen molar-refractivity contribution in [3.8, 4) is 11.3 Å². The quantitative estimate of drug-likeness (QED) is 0.755. The summed E-state index contributed by atoms with van der Waals surface area (Å²) >= 11 is 0. The number of anilines is 1. The summed E-state index contributed by atoms with van der Waals surface area (Å²) in [5, 5.41) is 5.80. The van der Waals surface area contributed by atoms with Crippen LogP contribution in [0.15, 0.2) is 35.2 Å². The Kier molecular flexibility index (Phi) is 1.89. The van der Waals surface area contributed by atoms with Gasteiger partial charge in [0.15, 0.2) is 12.2 Å². The Labute approximate surface area is 91.5 Å². The van der Waals surface area contributed by atoms with Crippen molar-refractivity contribution >= 4 is 11.6 Å². The molecule has 0 fully saturated rings. The fourth-order valence-corrected chi connectivity index (χ4v) is 1.71. The minimum atomic E-state index is -0.0740. The maximum absolute atomic E-state index is 11.6. The van der Waals surface area contributed by atoms with Crippen LogP contribution in [0.3, 0.4) is 0 Å². The molecule has 2 heterocycles. The number of aromatic nitrogens is 1. The molecule has 1 aromatic heterocycles. The van der Waals surface area contributed by atoms with E-state index in [4.69, 9.17) is 4.42 Å². The number of hydrogen-bond acceptors (Lipinski definition) is 4. The molecule has 1 amide bonds. The molecule has 0 saturated heterocycles. The predicted octanol–water partition coefficient (Wildman–Crippen LogP) is 1.45. The minimum Gasteiger partial charge on any atom is -0.444 e. The lowest BCUT2D eigenvalue weighted by molar-refractivity contribution is 0.0953. The van der Waals surface area contributed by atoms with E-state index in [1.165, 1.54) is 6.39 Å².